The van der Waals surface area contributed by atoms with Crippen molar-refractivity contribution in [3.8, 4) is 11.5 Å². The van der Waals surface area contributed by atoms with Crippen molar-refractivity contribution in [2.75, 3.05) is 40.6 Å². The Hall–Kier alpha value is -1.79. The van der Waals surface area contributed by atoms with E-state index >= 15 is 0 Å². The number of hydrogen-bond acceptors (Lipinski definition) is 5. The summed E-state index contributed by atoms with van der Waals surface area (Å²) >= 11 is 0. The van der Waals surface area contributed by atoms with E-state index < -0.39 is 0 Å². The molecule has 0 radical (unpaired) electrons. The molecule has 1 fully saturated rings. The number of likely N-dealkylation sites (tertiary alicyclic amines) is 1. The lowest BCUT2D eigenvalue weighted by atomic mass is 10.0. The first-order valence-corrected chi connectivity index (χ1v) is 7.06. The van der Waals surface area contributed by atoms with E-state index in [2.05, 4.69) is 4.90 Å². The Bertz CT molecular complexity index is 546. The standard InChI is InChI=1S/C15H20N2O4/c1-16(2)12-7-17(6-11(12)8-18)15(19)10-3-4-13-14(5-10)21-9-20-13/h3-5,11-12,18H,6-9H2,1-2H3/t11-,12+/m0/s1. The van der Waals surface area contributed by atoms with E-state index in [1.807, 2.05) is 14.1 Å². The molecule has 0 aliphatic carbocycles. The topological polar surface area (TPSA) is 62.2 Å². The molecule has 6 heteroatoms. The minimum absolute atomic E-state index is 0.0314. The van der Waals surface area contributed by atoms with Gasteiger partial charge in [-0.25, -0.2) is 0 Å². The van der Waals surface area contributed by atoms with Crippen LogP contribution in [0.5, 0.6) is 11.5 Å². The Morgan fingerprint density at radius 1 is 1.33 bits per heavy atom. The highest BCUT2D eigenvalue weighted by Gasteiger charge is 2.36. The van der Waals surface area contributed by atoms with Gasteiger partial charge in [-0.05, 0) is 32.3 Å². The molecule has 2 atom stereocenters. The SMILES string of the molecule is CN(C)[C@@H]1CN(C(=O)c2ccc3c(c2)OCO3)C[C@H]1CO. The van der Waals surface area contributed by atoms with Gasteiger partial charge in [-0.1, -0.05) is 0 Å². The summed E-state index contributed by atoms with van der Waals surface area (Å²) in [6.07, 6.45) is 0. The molecule has 1 aromatic rings. The van der Waals surface area contributed by atoms with Gasteiger partial charge in [0.2, 0.25) is 6.79 Å². The Morgan fingerprint density at radius 2 is 2.10 bits per heavy atom. The molecule has 114 valence electrons. The highest BCUT2D eigenvalue weighted by atomic mass is 16.7. The second-order valence-corrected chi connectivity index (χ2v) is 5.75. The van der Waals surface area contributed by atoms with E-state index in [4.69, 9.17) is 9.47 Å². The van der Waals surface area contributed by atoms with E-state index in [0.29, 0.717) is 30.2 Å². The van der Waals surface area contributed by atoms with Gasteiger partial charge in [0, 0.05) is 37.2 Å². The van der Waals surface area contributed by atoms with Crippen LogP contribution in [0.25, 0.3) is 0 Å². The van der Waals surface area contributed by atoms with E-state index in [1.165, 1.54) is 0 Å². The van der Waals surface area contributed by atoms with Gasteiger partial charge in [0.25, 0.3) is 5.91 Å². The van der Waals surface area contributed by atoms with Gasteiger partial charge in [0.05, 0.1) is 0 Å². The summed E-state index contributed by atoms with van der Waals surface area (Å²) in [6, 6.07) is 5.43. The highest BCUT2D eigenvalue weighted by molar-refractivity contribution is 5.95. The van der Waals surface area contributed by atoms with Crippen LogP contribution in [0.15, 0.2) is 18.2 Å². The average Bonchev–Trinajstić information content (AvgIpc) is 3.11. The monoisotopic (exact) mass is 292 g/mol. The Balaban J connectivity index is 1.77. The third-order valence-electron chi connectivity index (χ3n) is 4.21. The number of carbonyl (C=O) groups excluding carboxylic acids is 1. The number of likely N-dealkylation sites (N-methyl/N-ethyl adjacent to an activating group) is 1. The van der Waals surface area contributed by atoms with Crippen LogP contribution < -0.4 is 9.47 Å². The fourth-order valence-electron chi connectivity index (χ4n) is 3.00. The van der Waals surface area contributed by atoms with Crippen molar-refractivity contribution >= 4 is 5.91 Å². The van der Waals surface area contributed by atoms with Gasteiger partial charge in [-0.3, -0.25) is 4.79 Å². The number of ether oxygens (including phenoxy) is 2. The Labute approximate surface area is 123 Å². The van der Waals surface area contributed by atoms with Crippen LogP contribution in [-0.2, 0) is 0 Å². The third-order valence-corrected chi connectivity index (χ3v) is 4.21. The lowest BCUT2D eigenvalue weighted by Gasteiger charge is -2.23. The van der Waals surface area contributed by atoms with Crippen molar-refractivity contribution in [1.82, 2.24) is 9.80 Å². The number of aliphatic hydroxyl groups excluding tert-OH is 1. The van der Waals surface area contributed by atoms with E-state index in [9.17, 15) is 9.90 Å². The normalized spacial score (nSPS) is 23.9. The molecule has 2 aliphatic heterocycles. The van der Waals surface area contributed by atoms with Crippen LogP contribution in [-0.4, -0.2) is 67.4 Å². The molecule has 6 nitrogen and oxygen atoms in total. The smallest absolute Gasteiger partial charge is 0.254 e. The lowest BCUT2D eigenvalue weighted by Crippen LogP contribution is -2.37. The molecule has 3 rings (SSSR count). The zero-order valence-corrected chi connectivity index (χ0v) is 12.3. The van der Waals surface area contributed by atoms with Crippen LogP contribution in [0, 0.1) is 5.92 Å². The maximum Gasteiger partial charge on any atom is 0.254 e. The Kier molecular flexibility index (Phi) is 3.73. The molecule has 0 spiro atoms. The van der Waals surface area contributed by atoms with Crippen molar-refractivity contribution in [1.29, 1.82) is 0 Å². The molecular weight excluding hydrogens is 272 g/mol. The number of carbonyl (C=O) groups is 1. The zero-order valence-electron chi connectivity index (χ0n) is 12.3. The largest absolute Gasteiger partial charge is 0.454 e. The molecule has 21 heavy (non-hydrogen) atoms. The van der Waals surface area contributed by atoms with Gasteiger partial charge < -0.3 is 24.4 Å². The number of fused-ring (bicyclic) bond motifs is 1. The molecule has 1 N–H and O–H groups in total. The number of aliphatic hydroxyl groups is 1. The predicted octanol–water partition coefficient (Wildman–Crippen LogP) is 0.410. The van der Waals surface area contributed by atoms with Gasteiger partial charge in [0.15, 0.2) is 11.5 Å². The summed E-state index contributed by atoms with van der Waals surface area (Å²) in [5, 5.41) is 9.48. The summed E-state index contributed by atoms with van der Waals surface area (Å²) < 4.78 is 10.6. The van der Waals surface area contributed by atoms with Crippen molar-refractivity contribution in [2.24, 2.45) is 5.92 Å². The number of benzene rings is 1. The molecule has 1 aromatic carbocycles. The predicted molar refractivity (Wildman–Crippen MR) is 76.5 cm³/mol. The van der Waals surface area contributed by atoms with E-state index in [1.54, 1.807) is 23.1 Å². The molecule has 1 saturated heterocycles. The maximum absolute atomic E-state index is 12.6. The molecule has 1 amide bonds. The minimum Gasteiger partial charge on any atom is -0.454 e. The number of amides is 1. The van der Waals surface area contributed by atoms with Gasteiger partial charge >= 0.3 is 0 Å². The maximum atomic E-state index is 12.6. The molecule has 0 aromatic heterocycles. The van der Waals surface area contributed by atoms with Crippen LogP contribution in [0.4, 0.5) is 0 Å². The molecule has 0 saturated carbocycles. The fraction of sp³-hybridized carbons (Fsp3) is 0.533. The highest BCUT2D eigenvalue weighted by Crippen LogP contribution is 2.33. The van der Waals surface area contributed by atoms with Crippen LogP contribution in [0.1, 0.15) is 10.4 Å². The van der Waals surface area contributed by atoms with Crippen molar-refractivity contribution in [2.45, 2.75) is 6.04 Å². The van der Waals surface area contributed by atoms with Gasteiger partial charge in [0.1, 0.15) is 0 Å². The van der Waals surface area contributed by atoms with Crippen LogP contribution in [0.2, 0.25) is 0 Å². The summed E-state index contributed by atoms with van der Waals surface area (Å²) in [5.41, 5.74) is 0.593. The van der Waals surface area contributed by atoms with Crippen LogP contribution >= 0.6 is 0 Å². The quantitative estimate of drug-likeness (QED) is 0.874. The van der Waals surface area contributed by atoms with Gasteiger partial charge in [-0.15, -0.1) is 0 Å². The van der Waals surface area contributed by atoms with Gasteiger partial charge in [-0.2, -0.15) is 0 Å². The molecular formula is C15H20N2O4. The second-order valence-electron chi connectivity index (χ2n) is 5.75. The molecule has 0 bridgehead atoms. The van der Waals surface area contributed by atoms with E-state index in [0.717, 1.165) is 0 Å². The summed E-state index contributed by atoms with van der Waals surface area (Å²) in [4.78, 5) is 16.5. The number of rotatable bonds is 3. The first kappa shape index (κ1) is 14.2. The molecule has 2 heterocycles. The zero-order chi connectivity index (χ0) is 15.0. The average molecular weight is 292 g/mol. The fourth-order valence-corrected chi connectivity index (χ4v) is 3.00. The van der Waals surface area contributed by atoms with Crippen molar-refractivity contribution in [3.05, 3.63) is 23.8 Å². The molecule has 2 aliphatic rings. The third kappa shape index (κ3) is 2.56. The summed E-state index contributed by atoms with van der Waals surface area (Å²) in [7, 11) is 3.95. The first-order valence-electron chi connectivity index (χ1n) is 7.06. The summed E-state index contributed by atoms with van der Waals surface area (Å²) in [6.45, 7) is 1.50. The van der Waals surface area contributed by atoms with Crippen LogP contribution in [0.3, 0.4) is 0 Å². The summed E-state index contributed by atoms with van der Waals surface area (Å²) in [5.74, 6) is 1.35. The first-order chi connectivity index (χ1) is 10.1. The Morgan fingerprint density at radius 3 is 2.76 bits per heavy atom. The number of nitrogens with zero attached hydrogens (tertiary/aromatic N) is 2. The second kappa shape index (κ2) is 5.54. The molecule has 0 unspecified atom stereocenters. The number of hydrogen-bond donors (Lipinski definition) is 1. The minimum atomic E-state index is -0.0314. The van der Waals surface area contributed by atoms with Crippen molar-refractivity contribution in [3.63, 3.8) is 0 Å². The van der Waals surface area contributed by atoms with E-state index in [-0.39, 0.29) is 31.3 Å². The lowest BCUT2D eigenvalue weighted by molar-refractivity contribution is 0.0778. The van der Waals surface area contributed by atoms with Crippen molar-refractivity contribution < 1.29 is 19.4 Å².